The zero-order valence-electron chi connectivity index (χ0n) is 15.6. The van der Waals surface area contributed by atoms with Crippen LogP contribution >= 0.6 is 0 Å². The van der Waals surface area contributed by atoms with Crippen molar-refractivity contribution < 1.29 is 13.9 Å². The quantitative estimate of drug-likeness (QED) is 0.798. The third-order valence-electron chi connectivity index (χ3n) is 5.47. The Morgan fingerprint density at radius 2 is 1.89 bits per heavy atom. The number of amides is 1. The molecule has 2 heterocycles. The summed E-state index contributed by atoms with van der Waals surface area (Å²) in [5.74, 6) is 0.412. The minimum Gasteiger partial charge on any atom is -0.491 e. The van der Waals surface area contributed by atoms with Crippen molar-refractivity contribution >= 4 is 17.3 Å². The predicted molar refractivity (Wildman–Crippen MR) is 105 cm³/mol. The van der Waals surface area contributed by atoms with Crippen molar-refractivity contribution in [2.24, 2.45) is 5.92 Å². The molecule has 2 aliphatic heterocycles. The van der Waals surface area contributed by atoms with Gasteiger partial charge in [-0.15, -0.1) is 0 Å². The standard InChI is InChI=1S/C22H22FN3O2/c23-18-14-16(15-24)6-7-19(18)25-11-8-17(9-12-25)22(27)26-10-3-13-28-21-5-2-1-4-20(21)26/h1-2,4-7,14,17H,3,8-13H2. The number of ether oxygens (including phenoxy) is 1. The third-order valence-corrected chi connectivity index (χ3v) is 5.47. The number of benzene rings is 2. The molecule has 0 aromatic heterocycles. The van der Waals surface area contributed by atoms with Gasteiger partial charge in [-0.1, -0.05) is 12.1 Å². The van der Waals surface area contributed by atoms with E-state index in [4.69, 9.17) is 10.00 Å². The van der Waals surface area contributed by atoms with Crippen molar-refractivity contribution in [2.75, 3.05) is 36.0 Å². The molecular weight excluding hydrogens is 357 g/mol. The first kappa shape index (κ1) is 18.3. The Bertz CT molecular complexity index is 916. The van der Waals surface area contributed by atoms with Gasteiger partial charge in [0.15, 0.2) is 0 Å². The highest BCUT2D eigenvalue weighted by Gasteiger charge is 2.31. The number of hydrogen-bond acceptors (Lipinski definition) is 4. The summed E-state index contributed by atoms with van der Waals surface area (Å²) in [5, 5.41) is 8.89. The molecule has 6 heteroatoms. The number of carbonyl (C=O) groups is 1. The Morgan fingerprint density at radius 3 is 2.64 bits per heavy atom. The lowest BCUT2D eigenvalue weighted by Crippen LogP contribution is -2.43. The van der Waals surface area contributed by atoms with Gasteiger partial charge in [0.05, 0.1) is 29.6 Å². The number of nitriles is 1. The Morgan fingerprint density at radius 1 is 1.11 bits per heavy atom. The number of rotatable bonds is 2. The summed E-state index contributed by atoms with van der Waals surface area (Å²) in [4.78, 5) is 17.0. The molecule has 0 aliphatic carbocycles. The molecule has 2 aromatic rings. The molecule has 0 unspecified atom stereocenters. The molecule has 1 saturated heterocycles. The van der Waals surface area contributed by atoms with Crippen molar-refractivity contribution in [3.05, 3.63) is 53.8 Å². The van der Waals surface area contributed by atoms with Crippen LogP contribution in [0.4, 0.5) is 15.8 Å². The second kappa shape index (κ2) is 7.89. The fourth-order valence-electron chi connectivity index (χ4n) is 3.98. The van der Waals surface area contributed by atoms with Gasteiger partial charge in [0.25, 0.3) is 0 Å². The summed E-state index contributed by atoms with van der Waals surface area (Å²) >= 11 is 0. The summed E-state index contributed by atoms with van der Waals surface area (Å²) in [6.45, 7) is 2.49. The van der Waals surface area contributed by atoms with Gasteiger partial charge in [-0.05, 0) is 49.6 Å². The number of hydrogen-bond donors (Lipinski definition) is 0. The molecular formula is C22H22FN3O2. The Kier molecular flexibility index (Phi) is 5.16. The van der Waals surface area contributed by atoms with Crippen molar-refractivity contribution in [1.29, 1.82) is 5.26 Å². The molecule has 5 nitrogen and oxygen atoms in total. The Balaban J connectivity index is 1.45. The van der Waals surface area contributed by atoms with Crippen LogP contribution in [-0.2, 0) is 4.79 Å². The molecule has 0 saturated carbocycles. The van der Waals surface area contributed by atoms with Gasteiger partial charge in [0, 0.05) is 25.6 Å². The molecule has 0 bridgehead atoms. The van der Waals surface area contributed by atoms with Gasteiger partial charge in [0.2, 0.25) is 5.91 Å². The molecule has 2 aliphatic rings. The highest BCUT2D eigenvalue weighted by Crippen LogP contribution is 2.34. The van der Waals surface area contributed by atoms with E-state index in [2.05, 4.69) is 0 Å². The van der Waals surface area contributed by atoms with Crippen LogP contribution in [0.2, 0.25) is 0 Å². The minimum atomic E-state index is -0.387. The molecule has 4 rings (SSSR count). The Labute approximate surface area is 163 Å². The van der Waals surface area contributed by atoms with E-state index in [1.54, 1.807) is 12.1 Å². The van der Waals surface area contributed by atoms with Crippen molar-refractivity contribution in [3.63, 3.8) is 0 Å². The molecule has 0 atom stereocenters. The number of carbonyl (C=O) groups excluding carboxylic acids is 1. The lowest BCUT2D eigenvalue weighted by Gasteiger charge is -2.35. The molecule has 1 fully saturated rings. The van der Waals surface area contributed by atoms with Crippen LogP contribution in [0.3, 0.4) is 0 Å². The topological polar surface area (TPSA) is 56.6 Å². The molecule has 0 spiro atoms. The molecule has 144 valence electrons. The first-order valence-electron chi connectivity index (χ1n) is 9.65. The lowest BCUT2D eigenvalue weighted by atomic mass is 9.94. The predicted octanol–water partition coefficient (Wildman–Crippen LogP) is 3.73. The monoisotopic (exact) mass is 379 g/mol. The first-order chi connectivity index (χ1) is 13.7. The van der Waals surface area contributed by atoms with Gasteiger partial charge in [-0.25, -0.2) is 4.39 Å². The van der Waals surface area contributed by atoms with Gasteiger partial charge >= 0.3 is 0 Å². The highest BCUT2D eigenvalue weighted by molar-refractivity contribution is 5.96. The van der Waals surface area contributed by atoms with Crippen molar-refractivity contribution in [3.8, 4) is 11.8 Å². The third kappa shape index (κ3) is 3.53. The average molecular weight is 379 g/mol. The number of para-hydroxylation sites is 2. The van der Waals surface area contributed by atoms with Gasteiger partial charge in [-0.2, -0.15) is 5.26 Å². The SMILES string of the molecule is N#Cc1ccc(N2CCC(C(=O)N3CCCOc4ccccc43)CC2)c(F)c1. The van der Waals surface area contributed by atoms with E-state index < -0.39 is 0 Å². The average Bonchev–Trinajstić information content (AvgIpc) is 2.96. The fourth-order valence-corrected chi connectivity index (χ4v) is 3.98. The van der Waals surface area contributed by atoms with E-state index >= 15 is 0 Å². The number of halogens is 1. The Hall–Kier alpha value is -3.07. The second-order valence-electron chi connectivity index (χ2n) is 7.20. The maximum Gasteiger partial charge on any atom is 0.230 e. The van der Waals surface area contributed by atoms with Crippen LogP contribution in [0.25, 0.3) is 0 Å². The van der Waals surface area contributed by atoms with Crippen LogP contribution < -0.4 is 14.5 Å². The normalized spacial score (nSPS) is 17.3. The smallest absolute Gasteiger partial charge is 0.230 e. The van der Waals surface area contributed by atoms with Crippen LogP contribution in [0.15, 0.2) is 42.5 Å². The summed E-state index contributed by atoms with van der Waals surface area (Å²) in [7, 11) is 0. The summed E-state index contributed by atoms with van der Waals surface area (Å²) in [5.41, 5.74) is 1.65. The number of nitrogens with zero attached hydrogens (tertiary/aromatic N) is 3. The van der Waals surface area contributed by atoms with Crippen LogP contribution in [-0.4, -0.2) is 32.1 Å². The largest absolute Gasteiger partial charge is 0.491 e. The minimum absolute atomic E-state index is 0.0798. The molecule has 0 radical (unpaired) electrons. The van der Waals surface area contributed by atoms with Crippen molar-refractivity contribution in [2.45, 2.75) is 19.3 Å². The summed E-state index contributed by atoms with van der Waals surface area (Å²) < 4.78 is 20.1. The molecule has 2 aromatic carbocycles. The molecule has 0 N–H and O–H groups in total. The van der Waals surface area contributed by atoms with Crippen LogP contribution in [0, 0.1) is 23.1 Å². The highest BCUT2D eigenvalue weighted by atomic mass is 19.1. The van der Waals surface area contributed by atoms with Gasteiger partial charge in [-0.3, -0.25) is 4.79 Å². The molecule has 1 amide bonds. The van der Waals surface area contributed by atoms with Gasteiger partial charge in [0.1, 0.15) is 11.6 Å². The van der Waals surface area contributed by atoms with E-state index in [0.717, 1.165) is 17.9 Å². The summed E-state index contributed by atoms with van der Waals surface area (Å²) in [6, 6.07) is 14.2. The first-order valence-corrected chi connectivity index (χ1v) is 9.65. The lowest BCUT2D eigenvalue weighted by molar-refractivity contribution is -0.123. The van der Waals surface area contributed by atoms with E-state index in [9.17, 15) is 9.18 Å². The van der Waals surface area contributed by atoms with E-state index in [1.807, 2.05) is 40.1 Å². The van der Waals surface area contributed by atoms with E-state index in [1.165, 1.54) is 6.07 Å². The maximum atomic E-state index is 14.3. The molecule has 28 heavy (non-hydrogen) atoms. The van der Waals surface area contributed by atoms with E-state index in [0.29, 0.717) is 50.3 Å². The zero-order chi connectivity index (χ0) is 19.5. The van der Waals surface area contributed by atoms with Gasteiger partial charge < -0.3 is 14.5 Å². The maximum absolute atomic E-state index is 14.3. The van der Waals surface area contributed by atoms with Crippen LogP contribution in [0.5, 0.6) is 5.75 Å². The number of fused-ring (bicyclic) bond motifs is 1. The second-order valence-corrected chi connectivity index (χ2v) is 7.20. The number of piperidine rings is 1. The zero-order valence-corrected chi connectivity index (χ0v) is 15.6. The van der Waals surface area contributed by atoms with Crippen LogP contribution in [0.1, 0.15) is 24.8 Å². The summed E-state index contributed by atoms with van der Waals surface area (Å²) in [6.07, 6.45) is 2.16. The number of anilines is 2. The van der Waals surface area contributed by atoms with Crippen molar-refractivity contribution in [1.82, 2.24) is 0 Å². The fraction of sp³-hybridized carbons (Fsp3) is 0.364. The van der Waals surface area contributed by atoms with E-state index in [-0.39, 0.29) is 17.6 Å².